The fourth-order valence-corrected chi connectivity index (χ4v) is 1.48. The minimum Gasteiger partial charge on any atom is -0.396 e. The van der Waals surface area contributed by atoms with Gasteiger partial charge in [0, 0.05) is 24.1 Å². The van der Waals surface area contributed by atoms with Crippen LogP contribution in [0.4, 0.5) is 0 Å². The normalized spacial score (nSPS) is 10.9. The number of hydrogen-bond donors (Lipinski definition) is 2. The van der Waals surface area contributed by atoms with E-state index < -0.39 is 0 Å². The van der Waals surface area contributed by atoms with Gasteiger partial charge in [-0.05, 0) is 18.6 Å². The van der Waals surface area contributed by atoms with Crippen LogP contribution >= 0.6 is 0 Å². The molecule has 0 amide bonds. The quantitative estimate of drug-likeness (QED) is 0.726. The van der Waals surface area contributed by atoms with Crippen LogP contribution in [0.2, 0.25) is 0 Å². The minimum absolute atomic E-state index is 0.158. The van der Waals surface area contributed by atoms with Crippen molar-refractivity contribution in [3.8, 4) is 0 Å². The molecule has 1 heterocycles. The van der Waals surface area contributed by atoms with E-state index in [4.69, 9.17) is 5.11 Å². The molecular formula is C10H12N2O. The van der Waals surface area contributed by atoms with Crippen LogP contribution in [0.3, 0.4) is 0 Å². The molecule has 0 aliphatic carbocycles. The van der Waals surface area contributed by atoms with Crippen molar-refractivity contribution in [3.63, 3.8) is 0 Å². The maximum atomic E-state index is 8.80. The van der Waals surface area contributed by atoms with Gasteiger partial charge in [0.1, 0.15) is 0 Å². The number of rotatable bonds is 2. The molecular weight excluding hydrogens is 164 g/mol. The first-order valence-corrected chi connectivity index (χ1v) is 4.36. The van der Waals surface area contributed by atoms with Gasteiger partial charge in [-0.3, -0.25) is 5.10 Å². The predicted octanol–water partition coefficient (Wildman–Crippen LogP) is 1.41. The van der Waals surface area contributed by atoms with Crippen LogP contribution in [-0.2, 0) is 6.42 Å². The largest absolute Gasteiger partial charge is 0.396 e. The van der Waals surface area contributed by atoms with Gasteiger partial charge in [0.15, 0.2) is 0 Å². The number of aliphatic hydroxyl groups excluding tert-OH is 1. The van der Waals surface area contributed by atoms with Gasteiger partial charge in [0.2, 0.25) is 0 Å². The second-order valence-electron chi connectivity index (χ2n) is 3.20. The number of aryl methyl sites for hydroxylation is 1. The van der Waals surface area contributed by atoms with Crippen molar-refractivity contribution >= 4 is 10.9 Å². The molecule has 2 N–H and O–H groups in total. The Bertz CT molecular complexity index is 420. The maximum Gasteiger partial charge on any atom is 0.0926 e. The average molecular weight is 176 g/mol. The number of nitrogens with one attached hydrogen (secondary N) is 1. The summed E-state index contributed by atoms with van der Waals surface area (Å²) in [7, 11) is 0. The van der Waals surface area contributed by atoms with Crippen LogP contribution in [0.5, 0.6) is 0 Å². The summed E-state index contributed by atoms with van der Waals surface area (Å²) in [6.07, 6.45) is 0.638. The van der Waals surface area contributed by atoms with Gasteiger partial charge in [-0.1, -0.05) is 12.1 Å². The Morgan fingerprint density at radius 3 is 3.08 bits per heavy atom. The Labute approximate surface area is 76.4 Å². The topological polar surface area (TPSA) is 48.9 Å². The van der Waals surface area contributed by atoms with Crippen molar-refractivity contribution in [2.75, 3.05) is 6.61 Å². The first-order chi connectivity index (χ1) is 6.31. The van der Waals surface area contributed by atoms with E-state index in [1.165, 1.54) is 5.56 Å². The summed E-state index contributed by atoms with van der Waals surface area (Å²) in [6, 6.07) is 6.13. The molecule has 0 radical (unpaired) electrons. The van der Waals surface area contributed by atoms with Gasteiger partial charge in [-0.2, -0.15) is 5.10 Å². The van der Waals surface area contributed by atoms with Gasteiger partial charge >= 0.3 is 0 Å². The molecule has 0 spiro atoms. The molecule has 0 bridgehead atoms. The zero-order valence-electron chi connectivity index (χ0n) is 7.54. The summed E-state index contributed by atoms with van der Waals surface area (Å²) in [6.45, 7) is 2.20. The molecule has 3 nitrogen and oxygen atoms in total. The van der Waals surface area contributed by atoms with Gasteiger partial charge in [0.05, 0.1) is 5.52 Å². The molecule has 13 heavy (non-hydrogen) atoms. The molecule has 1 aromatic heterocycles. The number of nitrogens with zero attached hydrogens (tertiary/aromatic N) is 1. The first-order valence-electron chi connectivity index (χ1n) is 4.36. The van der Waals surface area contributed by atoms with Gasteiger partial charge in [0.25, 0.3) is 0 Å². The molecule has 68 valence electrons. The van der Waals surface area contributed by atoms with Crippen molar-refractivity contribution in [1.82, 2.24) is 10.2 Å². The molecule has 0 aliphatic rings. The van der Waals surface area contributed by atoms with E-state index in [9.17, 15) is 0 Å². The molecule has 2 aromatic rings. The van der Waals surface area contributed by atoms with E-state index in [1.807, 2.05) is 19.1 Å². The van der Waals surface area contributed by atoms with Crippen molar-refractivity contribution in [3.05, 3.63) is 29.5 Å². The van der Waals surface area contributed by atoms with Gasteiger partial charge in [-0.15, -0.1) is 0 Å². The number of aliphatic hydroxyl groups is 1. The van der Waals surface area contributed by atoms with Crippen molar-refractivity contribution in [2.45, 2.75) is 13.3 Å². The third kappa shape index (κ3) is 1.42. The highest BCUT2D eigenvalue weighted by Crippen LogP contribution is 2.17. The lowest BCUT2D eigenvalue weighted by atomic mass is 10.1. The highest BCUT2D eigenvalue weighted by molar-refractivity contribution is 5.81. The summed E-state index contributed by atoms with van der Waals surface area (Å²) < 4.78 is 0. The zero-order valence-corrected chi connectivity index (χ0v) is 7.54. The van der Waals surface area contributed by atoms with Crippen molar-refractivity contribution < 1.29 is 5.11 Å². The number of H-pyrrole nitrogens is 1. The summed E-state index contributed by atoms with van der Waals surface area (Å²) in [5.74, 6) is 0. The Balaban J connectivity index is 2.55. The van der Waals surface area contributed by atoms with Crippen LogP contribution in [0.25, 0.3) is 10.9 Å². The van der Waals surface area contributed by atoms with Crippen LogP contribution < -0.4 is 0 Å². The summed E-state index contributed by atoms with van der Waals surface area (Å²) in [4.78, 5) is 0. The highest BCUT2D eigenvalue weighted by Gasteiger charge is 2.03. The lowest BCUT2D eigenvalue weighted by molar-refractivity contribution is 0.298. The predicted molar refractivity (Wildman–Crippen MR) is 51.6 cm³/mol. The molecule has 0 atom stereocenters. The van der Waals surface area contributed by atoms with Crippen LogP contribution in [-0.4, -0.2) is 21.9 Å². The van der Waals surface area contributed by atoms with Crippen molar-refractivity contribution in [1.29, 1.82) is 0 Å². The van der Waals surface area contributed by atoms with Crippen LogP contribution in [0.1, 0.15) is 11.3 Å². The van der Waals surface area contributed by atoms with E-state index in [1.54, 1.807) is 0 Å². The molecule has 1 aromatic carbocycles. The fraction of sp³-hybridized carbons (Fsp3) is 0.300. The van der Waals surface area contributed by atoms with Crippen LogP contribution in [0, 0.1) is 6.92 Å². The third-order valence-electron chi connectivity index (χ3n) is 2.15. The van der Waals surface area contributed by atoms with E-state index >= 15 is 0 Å². The SMILES string of the molecule is Cc1ccc2c(CCO)[nH]nc2c1. The lowest BCUT2D eigenvalue weighted by Crippen LogP contribution is -1.90. The molecule has 3 heteroatoms. The monoisotopic (exact) mass is 176 g/mol. The molecule has 0 aliphatic heterocycles. The Morgan fingerprint density at radius 1 is 1.46 bits per heavy atom. The number of aromatic amines is 1. The smallest absolute Gasteiger partial charge is 0.0926 e. The molecule has 0 unspecified atom stereocenters. The highest BCUT2D eigenvalue weighted by atomic mass is 16.3. The second kappa shape index (κ2) is 3.18. The van der Waals surface area contributed by atoms with Crippen molar-refractivity contribution in [2.24, 2.45) is 0 Å². The van der Waals surface area contributed by atoms with E-state index in [0.29, 0.717) is 6.42 Å². The van der Waals surface area contributed by atoms with E-state index in [0.717, 1.165) is 16.6 Å². The first kappa shape index (κ1) is 8.26. The average Bonchev–Trinajstić information content (AvgIpc) is 2.49. The third-order valence-corrected chi connectivity index (χ3v) is 2.15. The van der Waals surface area contributed by atoms with Crippen LogP contribution in [0.15, 0.2) is 18.2 Å². The number of aromatic nitrogens is 2. The number of hydrogen-bond acceptors (Lipinski definition) is 2. The van der Waals surface area contributed by atoms with E-state index in [-0.39, 0.29) is 6.61 Å². The summed E-state index contributed by atoms with van der Waals surface area (Å²) in [5.41, 5.74) is 3.19. The summed E-state index contributed by atoms with van der Waals surface area (Å²) >= 11 is 0. The minimum atomic E-state index is 0.158. The Kier molecular flexibility index (Phi) is 2.02. The lowest BCUT2D eigenvalue weighted by Gasteiger charge is -1.94. The van der Waals surface area contributed by atoms with E-state index in [2.05, 4.69) is 16.3 Å². The molecule has 0 fully saturated rings. The Hall–Kier alpha value is -1.35. The second-order valence-corrected chi connectivity index (χ2v) is 3.20. The standard InChI is InChI=1S/C10H12N2O/c1-7-2-3-8-9(4-5-13)11-12-10(8)6-7/h2-3,6,13H,4-5H2,1H3,(H,11,12). The molecule has 2 rings (SSSR count). The van der Waals surface area contributed by atoms with Gasteiger partial charge in [-0.25, -0.2) is 0 Å². The molecule has 0 saturated carbocycles. The Morgan fingerprint density at radius 2 is 2.31 bits per heavy atom. The summed E-state index contributed by atoms with van der Waals surface area (Å²) in [5, 5.41) is 17.0. The zero-order chi connectivity index (χ0) is 9.26. The van der Waals surface area contributed by atoms with Gasteiger partial charge < -0.3 is 5.11 Å². The number of fused-ring (bicyclic) bond motifs is 1. The number of benzene rings is 1. The molecule has 0 saturated heterocycles. The fourth-order valence-electron chi connectivity index (χ4n) is 1.48. The maximum absolute atomic E-state index is 8.80.